The summed E-state index contributed by atoms with van der Waals surface area (Å²) in [6.07, 6.45) is 0. The number of nitrogens with zero attached hydrogens (tertiary/aromatic N) is 2. The Hall–Kier alpha value is -4.09. The number of benzene rings is 5. The van der Waals surface area contributed by atoms with Crippen LogP contribution in [0.2, 0.25) is 0 Å². The first-order valence-corrected chi connectivity index (χ1v) is 9.60. The highest BCUT2D eigenvalue weighted by molar-refractivity contribution is 6.08. The number of para-hydroxylation sites is 2. The molecule has 5 rings (SSSR count). The van der Waals surface area contributed by atoms with E-state index in [1.54, 1.807) is 0 Å². The van der Waals surface area contributed by atoms with E-state index in [-0.39, 0.29) is 0 Å². The average Bonchev–Trinajstić information content (AvgIpc) is 2.80. The minimum Gasteiger partial charge on any atom is -0.310 e. The van der Waals surface area contributed by atoms with Gasteiger partial charge in [0.1, 0.15) is 0 Å². The maximum atomic E-state index is 9.17. The van der Waals surface area contributed by atoms with Gasteiger partial charge in [-0.05, 0) is 70.1 Å². The van der Waals surface area contributed by atoms with E-state index in [9.17, 15) is 0 Å². The molecule has 5 aromatic rings. The van der Waals surface area contributed by atoms with Crippen LogP contribution in [0.25, 0.3) is 21.5 Å². The number of fused-ring (bicyclic) bond motifs is 3. The van der Waals surface area contributed by atoms with Crippen LogP contribution in [0.1, 0.15) is 5.56 Å². The lowest BCUT2D eigenvalue weighted by molar-refractivity contribution is 1.29. The van der Waals surface area contributed by atoms with Crippen LogP contribution in [-0.4, -0.2) is 0 Å². The van der Waals surface area contributed by atoms with Crippen molar-refractivity contribution >= 4 is 38.6 Å². The molecule has 0 bridgehead atoms. The van der Waals surface area contributed by atoms with Crippen LogP contribution in [-0.2, 0) is 0 Å². The van der Waals surface area contributed by atoms with Crippen LogP contribution in [0.15, 0.2) is 109 Å². The third-order valence-corrected chi connectivity index (χ3v) is 5.24. The van der Waals surface area contributed by atoms with E-state index in [1.807, 2.05) is 30.3 Å². The minimum absolute atomic E-state index is 0.688. The molecule has 0 amide bonds. The Balaban J connectivity index is 1.70. The fourth-order valence-corrected chi connectivity index (χ4v) is 3.87. The standard InChI is InChI=1S/C27H18N2/c28-19-20-11-15-26-21(17-20)12-13-22-18-25(14-16-27(22)26)29(23-7-3-1-4-8-23)24-9-5-2-6-10-24/h1-18H. The van der Waals surface area contributed by atoms with Crippen molar-refractivity contribution in [1.29, 1.82) is 5.26 Å². The maximum Gasteiger partial charge on any atom is 0.0991 e. The second-order valence-corrected chi connectivity index (χ2v) is 7.03. The van der Waals surface area contributed by atoms with Crippen LogP contribution in [0.5, 0.6) is 0 Å². The third-order valence-electron chi connectivity index (χ3n) is 5.24. The number of anilines is 3. The van der Waals surface area contributed by atoms with Crippen LogP contribution in [0.3, 0.4) is 0 Å². The van der Waals surface area contributed by atoms with Crippen molar-refractivity contribution in [2.45, 2.75) is 0 Å². The molecule has 0 aromatic heterocycles. The summed E-state index contributed by atoms with van der Waals surface area (Å²) in [4.78, 5) is 2.27. The second kappa shape index (κ2) is 7.14. The smallest absolute Gasteiger partial charge is 0.0991 e. The molecule has 0 radical (unpaired) electrons. The van der Waals surface area contributed by atoms with Gasteiger partial charge < -0.3 is 4.90 Å². The summed E-state index contributed by atoms with van der Waals surface area (Å²) in [6.45, 7) is 0. The third kappa shape index (κ3) is 3.09. The SMILES string of the molecule is N#Cc1ccc2c(ccc3cc(N(c4ccccc4)c4ccccc4)ccc32)c1. The molecule has 2 heteroatoms. The van der Waals surface area contributed by atoms with Crippen molar-refractivity contribution in [1.82, 2.24) is 0 Å². The zero-order valence-corrected chi connectivity index (χ0v) is 15.8. The van der Waals surface area contributed by atoms with Gasteiger partial charge in [0, 0.05) is 17.1 Å². The Bertz CT molecular complexity index is 1310. The number of rotatable bonds is 3. The molecule has 0 atom stereocenters. The summed E-state index contributed by atoms with van der Waals surface area (Å²) in [5.74, 6) is 0. The van der Waals surface area contributed by atoms with E-state index < -0.39 is 0 Å². The van der Waals surface area contributed by atoms with Crippen LogP contribution >= 0.6 is 0 Å². The van der Waals surface area contributed by atoms with E-state index in [2.05, 4.69) is 89.8 Å². The largest absolute Gasteiger partial charge is 0.310 e. The molecule has 0 saturated carbocycles. The molecular formula is C27H18N2. The van der Waals surface area contributed by atoms with Crippen molar-refractivity contribution in [3.05, 3.63) is 115 Å². The summed E-state index contributed by atoms with van der Waals surface area (Å²) in [5, 5.41) is 13.8. The quantitative estimate of drug-likeness (QED) is 0.311. The molecule has 2 nitrogen and oxygen atoms in total. The van der Waals surface area contributed by atoms with Gasteiger partial charge in [-0.2, -0.15) is 5.26 Å². The molecule has 0 N–H and O–H groups in total. The minimum atomic E-state index is 0.688. The van der Waals surface area contributed by atoms with Crippen molar-refractivity contribution in [2.75, 3.05) is 4.90 Å². The van der Waals surface area contributed by atoms with E-state index in [4.69, 9.17) is 5.26 Å². The van der Waals surface area contributed by atoms with Gasteiger partial charge >= 0.3 is 0 Å². The Kier molecular flexibility index (Phi) is 4.20. The molecule has 0 fully saturated rings. The molecule has 0 heterocycles. The Morgan fingerprint density at radius 3 is 1.66 bits per heavy atom. The van der Waals surface area contributed by atoms with Gasteiger partial charge in [-0.1, -0.05) is 60.7 Å². The van der Waals surface area contributed by atoms with Gasteiger partial charge in [-0.25, -0.2) is 0 Å². The second-order valence-electron chi connectivity index (χ2n) is 7.03. The zero-order chi connectivity index (χ0) is 19.6. The number of nitriles is 1. The monoisotopic (exact) mass is 370 g/mol. The number of hydrogen-bond acceptors (Lipinski definition) is 2. The normalized spacial score (nSPS) is 10.7. The lowest BCUT2D eigenvalue weighted by atomic mass is 9.99. The zero-order valence-electron chi connectivity index (χ0n) is 15.8. The molecular weight excluding hydrogens is 352 g/mol. The fraction of sp³-hybridized carbons (Fsp3) is 0. The lowest BCUT2D eigenvalue weighted by Gasteiger charge is -2.25. The summed E-state index contributed by atoms with van der Waals surface area (Å²) in [5.41, 5.74) is 4.05. The van der Waals surface area contributed by atoms with Crippen molar-refractivity contribution in [2.24, 2.45) is 0 Å². The molecule has 0 spiro atoms. The van der Waals surface area contributed by atoms with Gasteiger partial charge in [0.25, 0.3) is 0 Å². The molecule has 0 unspecified atom stereocenters. The predicted octanol–water partition coefficient (Wildman–Crippen LogP) is 7.33. The van der Waals surface area contributed by atoms with Gasteiger partial charge in [0.2, 0.25) is 0 Å². The van der Waals surface area contributed by atoms with Crippen LogP contribution in [0, 0.1) is 11.3 Å². The summed E-state index contributed by atoms with van der Waals surface area (Å²) in [7, 11) is 0. The van der Waals surface area contributed by atoms with E-state index in [1.165, 1.54) is 16.2 Å². The average molecular weight is 370 g/mol. The molecule has 136 valence electrons. The fourth-order valence-electron chi connectivity index (χ4n) is 3.87. The van der Waals surface area contributed by atoms with E-state index in [0.29, 0.717) is 5.56 Å². The molecule has 29 heavy (non-hydrogen) atoms. The van der Waals surface area contributed by atoms with E-state index in [0.717, 1.165) is 22.4 Å². The summed E-state index contributed by atoms with van der Waals surface area (Å²) in [6, 6.07) is 39.7. The van der Waals surface area contributed by atoms with Crippen LogP contribution < -0.4 is 4.90 Å². The van der Waals surface area contributed by atoms with E-state index >= 15 is 0 Å². The molecule has 0 saturated heterocycles. The highest BCUT2D eigenvalue weighted by Crippen LogP contribution is 2.37. The lowest BCUT2D eigenvalue weighted by Crippen LogP contribution is -2.09. The molecule has 0 aliphatic carbocycles. The molecule has 0 aliphatic heterocycles. The Labute approximate surface area is 169 Å². The molecule has 0 aliphatic rings. The first-order chi connectivity index (χ1) is 14.3. The Morgan fingerprint density at radius 2 is 1.07 bits per heavy atom. The van der Waals surface area contributed by atoms with Crippen molar-refractivity contribution in [3.63, 3.8) is 0 Å². The highest BCUT2D eigenvalue weighted by Gasteiger charge is 2.13. The summed E-state index contributed by atoms with van der Waals surface area (Å²) < 4.78 is 0. The Morgan fingerprint density at radius 1 is 0.517 bits per heavy atom. The predicted molar refractivity (Wildman–Crippen MR) is 121 cm³/mol. The summed E-state index contributed by atoms with van der Waals surface area (Å²) >= 11 is 0. The first-order valence-electron chi connectivity index (χ1n) is 9.60. The van der Waals surface area contributed by atoms with Crippen molar-refractivity contribution in [3.8, 4) is 6.07 Å². The topological polar surface area (TPSA) is 27.0 Å². The molecule has 5 aromatic carbocycles. The van der Waals surface area contributed by atoms with Crippen LogP contribution in [0.4, 0.5) is 17.1 Å². The van der Waals surface area contributed by atoms with Gasteiger partial charge in [0.15, 0.2) is 0 Å². The highest BCUT2D eigenvalue weighted by atomic mass is 15.1. The van der Waals surface area contributed by atoms with Crippen molar-refractivity contribution < 1.29 is 0 Å². The number of hydrogen-bond donors (Lipinski definition) is 0. The van der Waals surface area contributed by atoms with Gasteiger partial charge in [0.05, 0.1) is 11.6 Å². The maximum absolute atomic E-state index is 9.17. The first kappa shape index (κ1) is 17.0. The van der Waals surface area contributed by atoms with Gasteiger partial charge in [-0.15, -0.1) is 0 Å². The van der Waals surface area contributed by atoms with Gasteiger partial charge in [-0.3, -0.25) is 0 Å².